The summed E-state index contributed by atoms with van der Waals surface area (Å²) in [5, 5.41) is 0. The molecule has 2 nitrogen and oxygen atoms in total. The predicted molar refractivity (Wildman–Crippen MR) is 42.0 cm³/mol. The Labute approximate surface area is 106 Å². The molecule has 0 aromatic rings. The second kappa shape index (κ2) is 5.91. The van der Waals surface area contributed by atoms with E-state index in [0.717, 1.165) is 38.9 Å². The van der Waals surface area contributed by atoms with Gasteiger partial charge in [-0.2, -0.15) is 5.92 Å². The van der Waals surface area contributed by atoms with Crippen molar-refractivity contribution in [1.29, 1.82) is 0 Å². The molecule has 1 spiro atoms. The summed E-state index contributed by atoms with van der Waals surface area (Å²) in [6.45, 7) is 5.60. The molecule has 0 amide bonds. The first-order valence-corrected chi connectivity index (χ1v) is 4.42. The van der Waals surface area contributed by atoms with E-state index in [0.29, 0.717) is 5.92 Å². The summed E-state index contributed by atoms with van der Waals surface area (Å²) in [5.74, 6) is 0.433. The summed E-state index contributed by atoms with van der Waals surface area (Å²) >= 11 is 0. The molecule has 2 fully saturated rings. The van der Waals surface area contributed by atoms with E-state index in [4.69, 9.17) is 9.47 Å². The topological polar surface area (TPSA) is 18.5 Å². The van der Waals surface area contributed by atoms with Crippen LogP contribution in [0.1, 0.15) is 25.7 Å². The molecule has 68 valence electrons. The molecule has 1 aliphatic carbocycles. The van der Waals surface area contributed by atoms with Crippen molar-refractivity contribution < 1.29 is 48.4 Å². The molecule has 0 unspecified atom stereocenters. The van der Waals surface area contributed by atoms with E-state index in [1.54, 1.807) is 0 Å². The Hall–Kier alpha value is 1.17. The van der Waals surface area contributed by atoms with Gasteiger partial charge in [-0.25, -0.2) is 0 Å². The van der Waals surface area contributed by atoms with E-state index in [-0.39, 0.29) is 44.7 Å². The third-order valence-electron chi connectivity index (χ3n) is 2.68. The first-order valence-electron chi connectivity index (χ1n) is 4.42. The minimum atomic E-state index is -0.186. The van der Waals surface area contributed by atoms with E-state index in [9.17, 15) is 0 Å². The average Bonchev–Trinajstić information content (AvgIpc) is 2.45. The van der Waals surface area contributed by atoms with Crippen LogP contribution in [0.3, 0.4) is 0 Å². The molecule has 4 heteroatoms. The predicted octanol–water partition coefficient (Wildman–Crippen LogP) is 1.75. The molecular weight excluding hydrogens is 271 g/mol. The summed E-state index contributed by atoms with van der Waals surface area (Å²) in [6, 6.07) is 0. The Kier molecular flexibility index (Phi) is 6.44. The van der Waals surface area contributed by atoms with Gasteiger partial charge in [0.1, 0.15) is 0 Å². The average molecular weight is 286 g/mol. The summed E-state index contributed by atoms with van der Waals surface area (Å²) in [6.07, 6.45) is 4.39. The zero-order chi connectivity index (χ0) is 7.73. The largest absolute Gasteiger partial charge is 0.348 e. The third-order valence-corrected chi connectivity index (χ3v) is 2.68. The Balaban J connectivity index is 0.000000720. The van der Waals surface area contributed by atoms with Crippen molar-refractivity contribution in [2.75, 3.05) is 13.2 Å². The van der Waals surface area contributed by atoms with Gasteiger partial charge >= 0.3 is 0 Å². The number of ether oxygens (including phenoxy) is 2. The molecule has 0 bridgehead atoms. The van der Waals surface area contributed by atoms with Gasteiger partial charge in [-0.15, -0.1) is 0 Å². The van der Waals surface area contributed by atoms with Crippen LogP contribution in [0, 0.1) is 12.8 Å². The Morgan fingerprint density at radius 3 is 1.92 bits per heavy atom. The zero-order valence-electron chi connectivity index (χ0n) is 8.26. The molecule has 0 radical (unpaired) electrons. The molecule has 1 saturated heterocycles. The van der Waals surface area contributed by atoms with Gasteiger partial charge in [-0.3, -0.25) is 0 Å². The Bertz CT molecular complexity index is 137. The number of rotatable bonds is 0. The third kappa shape index (κ3) is 3.34. The van der Waals surface area contributed by atoms with Crippen LogP contribution in [0.5, 0.6) is 0 Å². The van der Waals surface area contributed by atoms with Gasteiger partial charge in [0.25, 0.3) is 0 Å². The smallest absolute Gasteiger partial charge is 0.168 e. The van der Waals surface area contributed by atoms with Gasteiger partial charge in [0.05, 0.1) is 13.2 Å². The van der Waals surface area contributed by atoms with Crippen LogP contribution in [0.25, 0.3) is 0 Å². The summed E-state index contributed by atoms with van der Waals surface area (Å²) in [7, 11) is 0. The van der Waals surface area contributed by atoms with Crippen molar-refractivity contribution in [1.82, 2.24) is 0 Å². The number of hydrogen-bond donors (Lipinski definition) is 0. The first kappa shape index (κ1) is 14.2. The molecule has 0 aromatic heterocycles. The molecule has 1 aliphatic heterocycles. The van der Waals surface area contributed by atoms with Crippen molar-refractivity contribution in [3.63, 3.8) is 0 Å². The normalized spacial score (nSPS) is 26.5. The summed E-state index contributed by atoms with van der Waals surface area (Å²) in [5.41, 5.74) is 0. The van der Waals surface area contributed by atoms with E-state index >= 15 is 0 Å². The van der Waals surface area contributed by atoms with Gasteiger partial charge < -0.3 is 16.4 Å². The van der Waals surface area contributed by atoms with Crippen LogP contribution in [0.4, 0.5) is 0 Å². The molecule has 1 saturated carbocycles. The van der Waals surface area contributed by atoms with Crippen LogP contribution in [-0.4, -0.2) is 19.0 Å². The van der Waals surface area contributed by atoms with Crippen LogP contribution in [0.2, 0.25) is 0 Å². The van der Waals surface area contributed by atoms with E-state index in [1.807, 2.05) is 0 Å². The summed E-state index contributed by atoms with van der Waals surface area (Å²) in [4.78, 5) is 0. The van der Waals surface area contributed by atoms with Gasteiger partial charge in [0.2, 0.25) is 0 Å². The fraction of sp³-hybridized carbons (Fsp3) is 0.889. The molecular formula is C9H15O2Zn2-. The second-order valence-corrected chi connectivity index (χ2v) is 3.55. The van der Waals surface area contributed by atoms with Crippen LogP contribution < -0.4 is 0 Å². The van der Waals surface area contributed by atoms with Gasteiger partial charge in [0.15, 0.2) is 5.79 Å². The first-order chi connectivity index (χ1) is 5.31. The minimum Gasteiger partial charge on any atom is -0.348 e. The fourth-order valence-electron chi connectivity index (χ4n) is 1.90. The fourth-order valence-corrected chi connectivity index (χ4v) is 1.90. The maximum atomic E-state index is 5.58. The van der Waals surface area contributed by atoms with Gasteiger partial charge in [0, 0.05) is 39.0 Å². The van der Waals surface area contributed by atoms with Crippen molar-refractivity contribution in [2.24, 2.45) is 5.92 Å². The quantitative estimate of drug-likeness (QED) is 0.499. The van der Waals surface area contributed by atoms with E-state index < -0.39 is 0 Å². The standard InChI is InChI=1S/C9H15O2.2Zn/c1-8-2-4-9(5-3-8)10-6-7-11-9;;/h8H,1-7H2;;/q-1;;. The molecule has 1 heterocycles. The zero-order valence-corrected chi connectivity index (χ0v) is 14.2. The van der Waals surface area contributed by atoms with Crippen molar-refractivity contribution in [2.45, 2.75) is 31.5 Å². The van der Waals surface area contributed by atoms with Crippen LogP contribution in [0.15, 0.2) is 0 Å². The van der Waals surface area contributed by atoms with Crippen LogP contribution in [-0.2, 0) is 48.4 Å². The molecule has 0 atom stereocenters. The molecule has 2 aliphatic rings. The SMILES string of the molecule is [CH2-]C1CCC2(CC1)OCCO2.[Zn].[Zn]. The molecule has 0 N–H and O–H groups in total. The monoisotopic (exact) mass is 283 g/mol. The molecule has 13 heavy (non-hydrogen) atoms. The maximum absolute atomic E-state index is 5.58. The Morgan fingerprint density at radius 1 is 1.00 bits per heavy atom. The van der Waals surface area contributed by atoms with E-state index in [2.05, 4.69) is 6.92 Å². The van der Waals surface area contributed by atoms with Crippen molar-refractivity contribution in [3.8, 4) is 0 Å². The maximum Gasteiger partial charge on any atom is 0.168 e. The van der Waals surface area contributed by atoms with Crippen LogP contribution >= 0.6 is 0 Å². The second-order valence-electron chi connectivity index (χ2n) is 3.55. The summed E-state index contributed by atoms with van der Waals surface area (Å²) < 4.78 is 11.2. The molecule has 0 aromatic carbocycles. The van der Waals surface area contributed by atoms with E-state index in [1.165, 1.54) is 0 Å². The Morgan fingerprint density at radius 2 is 1.46 bits per heavy atom. The van der Waals surface area contributed by atoms with Crippen molar-refractivity contribution >= 4 is 0 Å². The van der Waals surface area contributed by atoms with Gasteiger partial charge in [-0.1, -0.05) is 12.8 Å². The molecule has 2 rings (SSSR count). The number of hydrogen-bond acceptors (Lipinski definition) is 2. The van der Waals surface area contributed by atoms with Crippen molar-refractivity contribution in [3.05, 3.63) is 6.92 Å². The van der Waals surface area contributed by atoms with Gasteiger partial charge in [-0.05, 0) is 12.8 Å². The minimum absolute atomic E-state index is 0.